The number of rotatable bonds is 14. The average Bonchev–Trinajstić information content (AvgIpc) is 3.06. The molecule has 3 rings (SSSR count). The molecule has 4 bridgehead atoms. The molecule has 2 aromatic rings. The zero-order valence-electron chi connectivity index (χ0n) is 27.7. The van der Waals surface area contributed by atoms with Gasteiger partial charge in [-0.15, -0.1) is 0 Å². The van der Waals surface area contributed by atoms with E-state index in [0.717, 1.165) is 0 Å². The first kappa shape index (κ1) is 37.8. The summed E-state index contributed by atoms with van der Waals surface area (Å²) in [4.78, 5) is 67.5. The van der Waals surface area contributed by atoms with Crippen LogP contribution in [0.2, 0.25) is 0 Å². The summed E-state index contributed by atoms with van der Waals surface area (Å²) < 4.78 is 12.0. The Bertz CT molecular complexity index is 1540. The number of aliphatic hydroxyl groups is 1. The van der Waals surface area contributed by atoms with Crippen LogP contribution >= 0.6 is 0 Å². The number of likely N-dealkylation sites (N-methyl/N-ethyl adjacent to an activating group) is 1. The molecule has 2 aromatic carbocycles. The molecule has 0 saturated carbocycles. The second-order valence-electron chi connectivity index (χ2n) is 12.0. The van der Waals surface area contributed by atoms with Gasteiger partial charge in [0, 0.05) is 62.9 Å². The molecular formula is C35H45N5O8. The second kappa shape index (κ2) is 18.1. The van der Waals surface area contributed by atoms with Gasteiger partial charge in [-0.3, -0.25) is 19.2 Å². The van der Waals surface area contributed by atoms with Gasteiger partial charge in [0.15, 0.2) is 11.6 Å². The van der Waals surface area contributed by atoms with Gasteiger partial charge in [-0.2, -0.15) is 5.26 Å². The number of aliphatic hydroxyl groups excluding tert-OH is 1. The summed E-state index contributed by atoms with van der Waals surface area (Å²) in [5, 5.41) is 21.8. The average molecular weight is 664 g/mol. The second-order valence-corrected chi connectivity index (χ2v) is 12.0. The molecule has 0 radical (unpaired) electrons. The molecule has 1 heterocycles. The van der Waals surface area contributed by atoms with Crippen molar-refractivity contribution < 1.29 is 38.6 Å². The molecule has 1 aliphatic rings. The summed E-state index contributed by atoms with van der Waals surface area (Å²) in [5.74, 6) is -3.39. The third kappa shape index (κ3) is 9.70. The van der Waals surface area contributed by atoms with Crippen molar-refractivity contribution in [3.05, 3.63) is 47.5 Å². The Kier molecular flexibility index (Phi) is 14.2. The van der Waals surface area contributed by atoms with Gasteiger partial charge in [0.25, 0.3) is 0 Å². The molecule has 2 amide bonds. The van der Waals surface area contributed by atoms with Crippen LogP contribution in [0.3, 0.4) is 0 Å². The molecule has 0 fully saturated rings. The number of ether oxygens (including phenoxy) is 2. The molecule has 1 aliphatic heterocycles. The van der Waals surface area contributed by atoms with E-state index in [0.29, 0.717) is 33.8 Å². The standard InChI is InChI=1S/C35H45N5O8/c1-21-15-30(44)33(40(3)35(46)25(20-41)16-22(2)42)24-7-9-32(48-14-12-38)27(19-24)26-17-23(6-8-31(26)47-13-11-37)18-28(39-34(21)45)29(43)5-4-10-36/h6-9,17,19,21,25,28,33,41H,4-5,11-16,18,20,37-38H2,1-3H3,(H,39,45)/t21-,25+,28+,33+/m1/s1. The first-order valence-corrected chi connectivity index (χ1v) is 16.0. The van der Waals surface area contributed by atoms with Crippen LogP contribution in [0.1, 0.15) is 56.7 Å². The molecule has 13 heteroatoms. The Hall–Kier alpha value is -4.64. The molecule has 0 unspecified atom stereocenters. The highest BCUT2D eigenvalue weighted by atomic mass is 16.5. The van der Waals surface area contributed by atoms with E-state index < -0.39 is 48.1 Å². The number of carbonyl (C=O) groups is 5. The van der Waals surface area contributed by atoms with Crippen molar-refractivity contribution in [3.8, 4) is 28.7 Å². The number of carbonyl (C=O) groups excluding carboxylic acids is 5. The quantitative estimate of drug-likeness (QED) is 0.228. The van der Waals surface area contributed by atoms with Crippen LogP contribution in [0.25, 0.3) is 11.1 Å². The maximum absolute atomic E-state index is 14.1. The van der Waals surface area contributed by atoms with E-state index in [2.05, 4.69) is 5.32 Å². The van der Waals surface area contributed by atoms with Gasteiger partial charge >= 0.3 is 0 Å². The highest BCUT2D eigenvalue weighted by Crippen LogP contribution is 2.40. The maximum Gasteiger partial charge on any atom is 0.229 e. The Labute approximate surface area is 280 Å². The highest BCUT2D eigenvalue weighted by molar-refractivity contribution is 5.96. The molecular weight excluding hydrogens is 618 g/mol. The van der Waals surface area contributed by atoms with Crippen LogP contribution in [0.15, 0.2) is 36.4 Å². The fourth-order valence-electron chi connectivity index (χ4n) is 5.70. The van der Waals surface area contributed by atoms with Gasteiger partial charge in [0.05, 0.1) is 24.6 Å². The minimum Gasteiger partial charge on any atom is -0.492 e. The van der Waals surface area contributed by atoms with Crippen LogP contribution in [0.5, 0.6) is 11.5 Å². The van der Waals surface area contributed by atoms with Gasteiger partial charge in [-0.05, 0) is 48.7 Å². The van der Waals surface area contributed by atoms with Gasteiger partial charge in [-0.25, -0.2) is 0 Å². The lowest BCUT2D eigenvalue weighted by molar-refractivity contribution is -0.144. The minimum absolute atomic E-state index is 0.0223. The van der Waals surface area contributed by atoms with E-state index in [-0.39, 0.29) is 70.0 Å². The van der Waals surface area contributed by atoms with Crippen molar-refractivity contribution in [2.45, 2.75) is 58.0 Å². The first-order valence-electron chi connectivity index (χ1n) is 16.0. The number of fused-ring (bicyclic) bond motifs is 5. The molecule has 0 aromatic heterocycles. The van der Waals surface area contributed by atoms with Crippen LogP contribution < -0.4 is 26.3 Å². The van der Waals surface area contributed by atoms with Crippen molar-refractivity contribution in [1.29, 1.82) is 5.26 Å². The normalized spacial score (nSPS) is 18.5. The Morgan fingerprint density at radius 2 is 1.67 bits per heavy atom. The molecule has 4 atom stereocenters. The number of nitrogens with zero attached hydrogens (tertiary/aromatic N) is 2. The molecule has 0 saturated heterocycles. The molecule has 48 heavy (non-hydrogen) atoms. The van der Waals surface area contributed by atoms with Crippen LogP contribution in [-0.4, -0.2) is 85.2 Å². The lowest BCUT2D eigenvalue weighted by atomic mass is 9.88. The minimum atomic E-state index is -1.22. The lowest BCUT2D eigenvalue weighted by Gasteiger charge is -2.31. The predicted octanol–water partition coefficient (Wildman–Crippen LogP) is 1.62. The number of Topliss-reactive ketones (excluding diaryl/α,β-unsaturated/α-hetero) is 3. The summed E-state index contributed by atoms with van der Waals surface area (Å²) in [7, 11) is 1.42. The van der Waals surface area contributed by atoms with Crippen LogP contribution in [0, 0.1) is 23.2 Å². The summed E-state index contributed by atoms with van der Waals surface area (Å²) >= 11 is 0. The predicted molar refractivity (Wildman–Crippen MR) is 177 cm³/mol. The smallest absolute Gasteiger partial charge is 0.229 e. The number of hydrogen-bond donors (Lipinski definition) is 4. The van der Waals surface area contributed by atoms with Gasteiger partial charge < -0.3 is 41.1 Å². The van der Waals surface area contributed by atoms with Gasteiger partial charge in [-0.1, -0.05) is 19.1 Å². The fraction of sp³-hybridized carbons (Fsp3) is 0.486. The number of benzene rings is 2. The van der Waals surface area contributed by atoms with Crippen molar-refractivity contribution >= 4 is 29.2 Å². The van der Waals surface area contributed by atoms with Crippen molar-refractivity contribution in [1.82, 2.24) is 10.2 Å². The van der Waals surface area contributed by atoms with E-state index >= 15 is 0 Å². The monoisotopic (exact) mass is 663 g/mol. The Morgan fingerprint density at radius 1 is 1.04 bits per heavy atom. The number of nitrogens with two attached hydrogens (primary N) is 2. The van der Waals surface area contributed by atoms with E-state index in [1.807, 2.05) is 6.07 Å². The number of nitrogens with one attached hydrogen (secondary N) is 1. The molecule has 13 nitrogen and oxygen atoms in total. The summed E-state index contributed by atoms with van der Waals surface area (Å²) in [6.07, 6.45) is -0.490. The molecule has 6 N–H and O–H groups in total. The van der Waals surface area contributed by atoms with Gasteiger partial charge in [0.1, 0.15) is 36.5 Å². The van der Waals surface area contributed by atoms with Crippen LogP contribution in [-0.2, 0) is 30.4 Å². The molecule has 0 aliphatic carbocycles. The summed E-state index contributed by atoms with van der Waals surface area (Å²) in [6.45, 7) is 3.07. The third-order valence-corrected chi connectivity index (χ3v) is 8.13. The van der Waals surface area contributed by atoms with Crippen molar-refractivity contribution in [2.75, 3.05) is 40.0 Å². The van der Waals surface area contributed by atoms with E-state index in [1.54, 1.807) is 43.3 Å². The van der Waals surface area contributed by atoms with Crippen molar-refractivity contribution in [3.63, 3.8) is 0 Å². The van der Waals surface area contributed by atoms with E-state index in [9.17, 15) is 29.1 Å². The zero-order chi connectivity index (χ0) is 35.4. The van der Waals surface area contributed by atoms with E-state index in [1.165, 1.54) is 18.9 Å². The SMILES string of the molecule is CC(=O)C[C@@H](CO)C(=O)N(C)[C@@H]1C(=O)C[C@@H](C)C(=O)N[C@H](C(=O)CCC#N)Cc2ccc(OCCN)c(c2)-c2cc1ccc2OCCN. The summed E-state index contributed by atoms with van der Waals surface area (Å²) in [5.41, 5.74) is 13.6. The fourth-order valence-corrected chi connectivity index (χ4v) is 5.70. The number of amides is 2. The van der Waals surface area contributed by atoms with E-state index in [4.69, 9.17) is 26.2 Å². The Morgan fingerprint density at radius 3 is 2.25 bits per heavy atom. The molecule has 0 spiro atoms. The van der Waals surface area contributed by atoms with Crippen LogP contribution in [0.4, 0.5) is 0 Å². The van der Waals surface area contributed by atoms with Crippen molar-refractivity contribution in [2.24, 2.45) is 23.3 Å². The number of hydrogen-bond acceptors (Lipinski definition) is 11. The summed E-state index contributed by atoms with van der Waals surface area (Å²) in [6, 6.07) is 10.1. The number of nitriles is 1. The maximum atomic E-state index is 14.1. The Balaban J connectivity index is 2.31. The lowest BCUT2D eigenvalue weighted by Crippen LogP contribution is -2.46. The number of ketones is 3. The van der Waals surface area contributed by atoms with Gasteiger partial charge in [0.2, 0.25) is 11.8 Å². The highest BCUT2D eigenvalue weighted by Gasteiger charge is 2.35. The largest absolute Gasteiger partial charge is 0.492 e. The topological polar surface area (TPSA) is 215 Å². The zero-order valence-corrected chi connectivity index (χ0v) is 27.7. The first-order chi connectivity index (χ1) is 22.9. The third-order valence-electron chi connectivity index (χ3n) is 8.13. The molecule has 258 valence electrons.